The zero-order valence-corrected chi connectivity index (χ0v) is 26.2. The number of benzene rings is 1. The number of amides is 2. The van der Waals surface area contributed by atoms with Crippen molar-refractivity contribution in [2.75, 3.05) is 18.4 Å². The highest BCUT2D eigenvalue weighted by Gasteiger charge is 2.50. The van der Waals surface area contributed by atoms with Crippen LogP contribution in [0.2, 0.25) is 5.02 Å². The molecule has 2 aliphatic rings. The van der Waals surface area contributed by atoms with Gasteiger partial charge in [0.05, 0.1) is 22.0 Å². The summed E-state index contributed by atoms with van der Waals surface area (Å²) >= 11 is 9.26. The maximum atomic E-state index is 13.9. The van der Waals surface area contributed by atoms with Crippen LogP contribution < -0.4 is 10.9 Å². The summed E-state index contributed by atoms with van der Waals surface area (Å²) in [4.78, 5) is 54.3. The molecule has 0 bridgehead atoms. The number of aryl methyl sites for hydroxylation is 1. The number of hydrogen-bond acceptors (Lipinski definition) is 8. The van der Waals surface area contributed by atoms with Gasteiger partial charge < -0.3 is 19.9 Å². The number of fused-ring (bicyclic) bond motifs is 3. The Balaban J connectivity index is 1.32. The minimum atomic E-state index is -4.59. The van der Waals surface area contributed by atoms with Crippen molar-refractivity contribution in [1.29, 1.82) is 0 Å². The quantitative estimate of drug-likeness (QED) is 0.322. The van der Waals surface area contributed by atoms with E-state index in [1.54, 1.807) is 16.4 Å². The first kappa shape index (κ1) is 31.0. The Morgan fingerprint density at radius 1 is 1.24 bits per heavy atom. The highest BCUT2D eigenvalue weighted by Crippen LogP contribution is 2.48. The van der Waals surface area contributed by atoms with Gasteiger partial charge in [-0.1, -0.05) is 18.5 Å². The molecule has 2 N–H and O–H groups in total. The lowest BCUT2D eigenvalue weighted by molar-refractivity contribution is -0.137. The zero-order valence-electron chi connectivity index (χ0n) is 23.8. The number of carbonyl (C=O) groups is 2. The van der Waals surface area contributed by atoms with Crippen molar-refractivity contribution >= 4 is 50.8 Å². The van der Waals surface area contributed by atoms with Gasteiger partial charge in [-0.05, 0) is 66.2 Å². The van der Waals surface area contributed by atoms with Crippen molar-refractivity contribution in [3.05, 3.63) is 72.8 Å². The Morgan fingerprint density at radius 3 is 2.69 bits per heavy atom. The fourth-order valence-corrected chi connectivity index (χ4v) is 7.02. The third kappa shape index (κ3) is 5.22. The lowest BCUT2D eigenvalue weighted by Crippen LogP contribution is -2.52. The van der Waals surface area contributed by atoms with Crippen LogP contribution in [-0.4, -0.2) is 64.0 Å². The number of nitrogens with zero attached hydrogens (tertiary/aromatic N) is 7. The number of nitrogens with one attached hydrogen (secondary N) is 1. The van der Waals surface area contributed by atoms with E-state index in [-0.39, 0.29) is 69.5 Å². The summed E-state index contributed by atoms with van der Waals surface area (Å²) in [7, 11) is 0. The summed E-state index contributed by atoms with van der Waals surface area (Å²) in [5.74, 6) is -1.40. The largest absolute Gasteiger partial charge is 0.504 e. The first-order valence-electron chi connectivity index (χ1n) is 13.9. The smallest absolute Gasteiger partial charge is 0.416 e. The third-order valence-electron chi connectivity index (χ3n) is 8.76. The molecule has 12 nitrogen and oxygen atoms in total. The summed E-state index contributed by atoms with van der Waals surface area (Å²) < 4.78 is 42.1. The molecule has 1 spiro atoms. The van der Waals surface area contributed by atoms with Crippen LogP contribution in [0.3, 0.4) is 0 Å². The molecule has 1 aromatic carbocycles. The van der Waals surface area contributed by atoms with E-state index in [4.69, 9.17) is 11.6 Å². The predicted molar refractivity (Wildman–Crippen MR) is 158 cm³/mol. The molecule has 2 amide bonds. The van der Waals surface area contributed by atoms with Gasteiger partial charge in [-0.3, -0.25) is 14.4 Å². The van der Waals surface area contributed by atoms with Crippen LogP contribution in [0.25, 0.3) is 5.78 Å². The molecule has 1 aliphatic carbocycles. The van der Waals surface area contributed by atoms with Gasteiger partial charge in [-0.15, -0.1) is 5.10 Å². The number of piperidine rings is 1. The van der Waals surface area contributed by atoms with Crippen LogP contribution in [0.15, 0.2) is 34.1 Å². The molecule has 45 heavy (non-hydrogen) atoms. The van der Waals surface area contributed by atoms with Gasteiger partial charge in [0.1, 0.15) is 12.9 Å². The number of carbonyl (C=O) groups excluding carboxylic acids is 2. The maximum Gasteiger partial charge on any atom is 0.416 e. The van der Waals surface area contributed by atoms with E-state index in [1.807, 2.05) is 6.92 Å². The molecule has 0 saturated carbocycles. The second-order valence-corrected chi connectivity index (χ2v) is 12.4. The molecule has 17 heteroatoms. The van der Waals surface area contributed by atoms with Crippen LogP contribution in [-0.2, 0) is 29.4 Å². The second-order valence-electron chi connectivity index (χ2n) is 11.3. The topological polar surface area (TPSA) is 148 Å². The fraction of sp³-hybridized carbons (Fsp3) is 0.393. The predicted octanol–water partition coefficient (Wildman–Crippen LogP) is 4.13. The molecule has 236 valence electrons. The van der Waals surface area contributed by atoms with Gasteiger partial charge >= 0.3 is 6.18 Å². The first-order chi connectivity index (χ1) is 21.2. The van der Waals surface area contributed by atoms with Gasteiger partial charge in [-0.2, -0.15) is 22.7 Å². The maximum absolute atomic E-state index is 13.9. The average Bonchev–Trinajstić information content (AvgIpc) is 3.56. The minimum Gasteiger partial charge on any atom is -0.504 e. The summed E-state index contributed by atoms with van der Waals surface area (Å²) in [5.41, 5.74) is -0.707. The molecule has 6 rings (SSSR count). The van der Waals surface area contributed by atoms with Crippen LogP contribution in [0.1, 0.15) is 52.8 Å². The number of rotatable bonds is 4. The number of aromatic hydroxyl groups is 1. The third-order valence-corrected chi connectivity index (χ3v) is 9.41. The van der Waals surface area contributed by atoms with Gasteiger partial charge in [0, 0.05) is 29.8 Å². The Bertz CT molecular complexity index is 1950. The van der Waals surface area contributed by atoms with Crippen molar-refractivity contribution in [2.45, 2.75) is 51.2 Å². The molecule has 2 unspecified atom stereocenters. The van der Waals surface area contributed by atoms with Crippen molar-refractivity contribution < 1.29 is 27.9 Å². The van der Waals surface area contributed by atoms with Crippen LogP contribution in [0, 0.1) is 12.8 Å². The molecule has 4 aromatic rings. The number of aromatic nitrogens is 6. The average molecular weight is 710 g/mol. The zero-order chi connectivity index (χ0) is 32.4. The normalized spacial score (nSPS) is 19.7. The van der Waals surface area contributed by atoms with E-state index in [0.717, 1.165) is 22.7 Å². The van der Waals surface area contributed by atoms with Crippen molar-refractivity contribution in [2.24, 2.45) is 5.92 Å². The lowest BCUT2D eigenvalue weighted by Gasteiger charge is -2.44. The molecule has 1 fully saturated rings. The monoisotopic (exact) mass is 708 g/mol. The number of alkyl halides is 3. The summed E-state index contributed by atoms with van der Waals surface area (Å²) in [5, 5.41) is 16.9. The van der Waals surface area contributed by atoms with E-state index in [1.165, 1.54) is 6.33 Å². The molecule has 1 saturated heterocycles. The van der Waals surface area contributed by atoms with Crippen LogP contribution >= 0.6 is 27.5 Å². The van der Waals surface area contributed by atoms with Crippen LogP contribution in [0.5, 0.6) is 5.75 Å². The standard InChI is InChI=1S/C28H25BrClF3N8O4/c1-13-10-39(24(45)21-22(43)14(2)34-12-35-21)8-7-27(13)6-5-18-20(27)23(44)41-26(37-25(29)38-41)40(18)11-19(42)36-17-4-3-15(9-16(17)30)28(31,32)33/h3-4,9,12-13,43H,5-8,10-11H2,1-2H3,(H,36,42). The van der Waals surface area contributed by atoms with E-state index < -0.39 is 29.0 Å². The van der Waals surface area contributed by atoms with Gasteiger partial charge in [-0.25, -0.2) is 9.97 Å². The Morgan fingerprint density at radius 2 is 2.00 bits per heavy atom. The van der Waals surface area contributed by atoms with Crippen molar-refractivity contribution in [1.82, 2.24) is 34.0 Å². The Hall–Kier alpha value is -4.05. The van der Waals surface area contributed by atoms with Crippen molar-refractivity contribution in [3.63, 3.8) is 0 Å². The molecular formula is C28H25BrClF3N8O4. The van der Waals surface area contributed by atoms with E-state index in [2.05, 4.69) is 41.3 Å². The number of halogens is 5. The minimum absolute atomic E-state index is 0.00178. The number of likely N-dealkylation sites (tertiary alicyclic amines) is 1. The van der Waals surface area contributed by atoms with Gasteiger partial charge in [0.2, 0.25) is 16.4 Å². The molecule has 2 atom stereocenters. The first-order valence-corrected chi connectivity index (χ1v) is 15.0. The highest BCUT2D eigenvalue weighted by atomic mass is 79.9. The molecule has 1 aliphatic heterocycles. The van der Waals surface area contributed by atoms with Gasteiger partial charge in [0.15, 0.2) is 11.4 Å². The molecule has 0 radical (unpaired) electrons. The van der Waals surface area contributed by atoms with E-state index in [9.17, 15) is 32.7 Å². The van der Waals surface area contributed by atoms with Crippen LogP contribution in [0.4, 0.5) is 18.9 Å². The summed E-state index contributed by atoms with van der Waals surface area (Å²) in [6.07, 6.45) is -1.94. The highest BCUT2D eigenvalue weighted by molar-refractivity contribution is 9.10. The molecule has 3 aromatic heterocycles. The lowest BCUT2D eigenvalue weighted by atomic mass is 9.67. The molecular weight excluding hydrogens is 685 g/mol. The fourth-order valence-electron chi connectivity index (χ4n) is 6.47. The SMILES string of the molecule is Cc1ncnc(C(=O)N2CCC3(CCc4c3c(=O)n3nc(Br)nc3n4CC(=O)Nc3ccc(C(F)(F)F)cc3Cl)C(C)C2)c1O. The van der Waals surface area contributed by atoms with Crippen molar-refractivity contribution in [3.8, 4) is 5.75 Å². The number of hydrogen-bond donors (Lipinski definition) is 2. The Kier molecular flexibility index (Phi) is 7.62. The second kappa shape index (κ2) is 11.1. The number of anilines is 1. The molecule has 4 heterocycles. The summed E-state index contributed by atoms with van der Waals surface area (Å²) in [6, 6.07) is 2.63. The van der Waals surface area contributed by atoms with E-state index >= 15 is 0 Å². The summed E-state index contributed by atoms with van der Waals surface area (Å²) in [6.45, 7) is 3.77. The van der Waals surface area contributed by atoms with Gasteiger partial charge in [0.25, 0.3) is 11.5 Å². The van der Waals surface area contributed by atoms with E-state index in [0.29, 0.717) is 30.5 Å². The Labute approximate surface area is 266 Å².